The molecule has 0 radical (unpaired) electrons. The zero-order valence-corrected chi connectivity index (χ0v) is 12.3. The lowest BCUT2D eigenvalue weighted by molar-refractivity contribution is -0.139. The Hall–Kier alpha value is -1.56. The SMILES string of the molecule is CC1CCC(CNC(=O)NC(C(=O)O)c2cccs2)C1. The van der Waals surface area contributed by atoms with Crippen LogP contribution in [0.1, 0.15) is 37.1 Å². The molecule has 20 heavy (non-hydrogen) atoms. The Bertz CT molecular complexity index is 461. The number of hydrogen-bond acceptors (Lipinski definition) is 3. The highest BCUT2D eigenvalue weighted by Gasteiger charge is 2.25. The van der Waals surface area contributed by atoms with Crippen LogP contribution < -0.4 is 10.6 Å². The molecule has 1 heterocycles. The molecule has 5 nitrogen and oxygen atoms in total. The Morgan fingerprint density at radius 3 is 2.85 bits per heavy atom. The van der Waals surface area contributed by atoms with Crippen molar-refractivity contribution in [2.75, 3.05) is 6.54 Å². The normalized spacial score (nSPS) is 23.2. The van der Waals surface area contributed by atoms with Gasteiger partial charge >= 0.3 is 12.0 Å². The van der Waals surface area contributed by atoms with Gasteiger partial charge in [-0.3, -0.25) is 0 Å². The summed E-state index contributed by atoms with van der Waals surface area (Å²) in [5.41, 5.74) is 0. The number of amides is 2. The number of thiophene rings is 1. The molecule has 6 heteroatoms. The van der Waals surface area contributed by atoms with Crippen LogP contribution in [0, 0.1) is 11.8 Å². The zero-order valence-electron chi connectivity index (χ0n) is 11.5. The van der Waals surface area contributed by atoms with Crippen molar-refractivity contribution in [1.82, 2.24) is 10.6 Å². The fourth-order valence-electron chi connectivity index (χ4n) is 2.64. The monoisotopic (exact) mass is 296 g/mol. The van der Waals surface area contributed by atoms with Crippen molar-refractivity contribution in [2.45, 2.75) is 32.2 Å². The summed E-state index contributed by atoms with van der Waals surface area (Å²) in [6.45, 7) is 2.84. The molecule has 2 rings (SSSR count). The number of aliphatic carboxylic acids is 1. The van der Waals surface area contributed by atoms with Gasteiger partial charge in [0.05, 0.1) is 0 Å². The molecule has 1 aromatic rings. The second-order valence-corrected chi connectivity index (χ2v) is 6.40. The highest BCUT2D eigenvalue weighted by molar-refractivity contribution is 7.10. The van der Waals surface area contributed by atoms with Crippen LogP contribution in [0.4, 0.5) is 4.79 Å². The summed E-state index contributed by atoms with van der Waals surface area (Å²) in [4.78, 5) is 23.6. The van der Waals surface area contributed by atoms with Crippen LogP contribution in [-0.4, -0.2) is 23.7 Å². The first kappa shape index (κ1) is 14.8. The van der Waals surface area contributed by atoms with E-state index in [-0.39, 0.29) is 0 Å². The van der Waals surface area contributed by atoms with Gasteiger partial charge in [-0.1, -0.05) is 19.4 Å². The molecule has 1 aliphatic carbocycles. The quantitative estimate of drug-likeness (QED) is 0.781. The predicted molar refractivity (Wildman–Crippen MR) is 77.7 cm³/mol. The minimum absolute atomic E-state index is 0.412. The van der Waals surface area contributed by atoms with Gasteiger partial charge in [0.15, 0.2) is 6.04 Å². The van der Waals surface area contributed by atoms with Crippen LogP contribution >= 0.6 is 11.3 Å². The molecule has 0 spiro atoms. The van der Waals surface area contributed by atoms with Crippen molar-refractivity contribution in [3.05, 3.63) is 22.4 Å². The summed E-state index contributed by atoms with van der Waals surface area (Å²) in [6, 6.07) is 2.10. The van der Waals surface area contributed by atoms with Gasteiger partial charge < -0.3 is 15.7 Å². The molecule has 110 valence electrons. The molecular formula is C14H20N2O3S. The van der Waals surface area contributed by atoms with Gasteiger partial charge in [0.1, 0.15) is 0 Å². The Morgan fingerprint density at radius 2 is 2.30 bits per heavy atom. The van der Waals surface area contributed by atoms with E-state index in [1.807, 2.05) is 0 Å². The van der Waals surface area contributed by atoms with Gasteiger partial charge in [0, 0.05) is 11.4 Å². The van der Waals surface area contributed by atoms with Crippen LogP contribution in [-0.2, 0) is 4.79 Å². The third-order valence-electron chi connectivity index (χ3n) is 3.70. The van der Waals surface area contributed by atoms with E-state index >= 15 is 0 Å². The largest absolute Gasteiger partial charge is 0.479 e. The maximum Gasteiger partial charge on any atom is 0.331 e. The molecule has 1 saturated carbocycles. The van der Waals surface area contributed by atoms with E-state index in [1.165, 1.54) is 17.8 Å². The number of hydrogen-bond donors (Lipinski definition) is 3. The fourth-order valence-corrected chi connectivity index (χ4v) is 3.41. The van der Waals surface area contributed by atoms with Crippen molar-refractivity contribution in [3.8, 4) is 0 Å². The van der Waals surface area contributed by atoms with Crippen molar-refractivity contribution in [2.24, 2.45) is 11.8 Å². The first-order valence-electron chi connectivity index (χ1n) is 6.87. The van der Waals surface area contributed by atoms with E-state index in [0.29, 0.717) is 17.3 Å². The Labute approximate surface area is 122 Å². The average molecular weight is 296 g/mol. The number of carboxylic acids is 1. The summed E-state index contributed by atoms with van der Waals surface area (Å²) in [5.74, 6) is 0.195. The molecule has 2 amide bonds. The lowest BCUT2D eigenvalue weighted by atomic mass is 10.1. The summed E-state index contributed by atoms with van der Waals surface area (Å²) in [6.07, 6.45) is 3.48. The zero-order chi connectivity index (χ0) is 14.5. The number of nitrogens with one attached hydrogen (secondary N) is 2. The van der Waals surface area contributed by atoms with Crippen LogP contribution in [0.5, 0.6) is 0 Å². The second kappa shape index (κ2) is 6.74. The topological polar surface area (TPSA) is 78.4 Å². The summed E-state index contributed by atoms with van der Waals surface area (Å²) in [7, 11) is 0. The average Bonchev–Trinajstić information content (AvgIpc) is 3.04. The van der Waals surface area contributed by atoms with Gasteiger partial charge in [0.2, 0.25) is 0 Å². The molecule has 3 unspecified atom stereocenters. The molecule has 3 N–H and O–H groups in total. The number of carboxylic acid groups (broad SMARTS) is 1. The molecule has 3 atom stereocenters. The molecule has 1 fully saturated rings. The van der Waals surface area contributed by atoms with E-state index in [0.717, 1.165) is 18.8 Å². The molecule has 0 bridgehead atoms. The Kier molecular flexibility index (Phi) is 5.00. The fraction of sp³-hybridized carbons (Fsp3) is 0.571. The third-order valence-corrected chi connectivity index (χ3v) is 4.64. The minimum Gasteiger partial charge on any atom is -0.479 e. The first-order chi connectivity index (χ1) is 9.56. The maximum absolute atomic E-state index is 11.8. The van der Waals surface area contributed by atoms with Crippen LogP contribution in [0.3, 0.4) is 0 Å². The van der Waals surface area contributed by atoms with Crippen LogP contribution in [0.15, 0.2) is 17.5 Å². The lowest BCUT2D eigenvalue weighted by Crippen LogP contribution is -2.42. The third kappa shape index (κ3) is 3.96. The minimum atomic E-state index is -1.04. The van der Waals surface area contributed by atoms with Gasteiger partial charge in [-0.15, -0.1) is 11.3 Å². The number of carbonyl (C=O) groups is 2. The molecule has 1 aromatic heterocycles. The number of urea groups is 1. The number of rotatable bonds is 5. The van der Waals surface area contributed by atoms with E-state index in [4.69, 9.17) is 0 Å². The summed E-state index contributed by atoms with van der Waals surface area (Å²) in [5, 5.41) is 16.3. The molecular weight excluding hydrogens is 276 g/mol. The standard InChI is InChI=1S/C14H20N2O3S/c1-9-4-5-10(7-9)8-15-14(19)16-12(13(17)18)11-3-2-6-20-11/h2-3,6,9-10,12H,4-5,7-8H2,1H3,(H,17,18)(H2,15,16,19). The Balaban J connectivity index is 1.81. The van der Waals surface area contributed by atoms with Crippen LogP contribution in [0.2, 0.25) is 0 Å². The van der Waals surface area contributed by atoms with Crippen molar-refractivity contribution >= 4 is 23.3 Å². The van der Waals surface area contributed by atoms with E-state index in [1.54, 1.807) is 17.5 Å². The second-order valence-electron chi connectivity index (χ2n) is 5.43. The molecule has 0 aromatic carbocycles. The first-order valence-corrected chi connectivity index (χ1v) is 7.74. The van der Waals surface area contributed by atoms with Gasteiger partial charge in [0.25, 0.3) is 0 Å². The van der Waals surface area contributed by atoms with E-state index in [9.17, 15) is 14.7 Å². The number of carbonyl (C=O) groups excluding carboxylic acids is 1. The smallest absolute Gasteiger partial charge is 0.331 e. The van der Waals surface area contributed by atoms with Gasteiger partial charge in [-0.2, -0.15) is 0 Å². The van der Waals surface area contributed by atoms with Gasteiger partial charge in [-0.05, 0) is 36.1 Å². The van der Waals surface area contributed by atoms with Crippen molar-refractivity contribution < 1.29 is 14.7 Å². The predicted octanol–water partition coefficient (Wildman–Crippen LogP) is 2.61. The van der Waals surface area contributed by atoms with Crippen molar-refractivity contribution in [3.63, 3.8) is 0 Å². The molecule has 1 aliphatic rings. The summed E-state index contributed by atoms with van der Waals surface area (Å²) < 4.78 is 0. The highest BCUT2D eigenvalue weighted by Crippen LogP contribution is 2.29. The molecule has 0 saturated heterocycles. The van der Waals surface area contributed by atoms with Gasteiger partial charge in [-0.25, -0.2) is 9.59 Å². The highest BCUT2D eigenvalue weighted by atomic mass is 32.1. The lowest BCUT2D eigenvalue weighted by Gasteiger charge is -2.15. The van der Waals surface area contributed by atoms with Crippen LogP contribution in [0.25, 0.3) is 0 Å². The molecule has 0 aliphatic heterocycles. The van der Waals surface area contributed by atoms with E-state index < -0.39 is 18.0 Å². The Morgan fingerprint density at radius 1 is 1.50 bits per heavy atom. The van der Waals surface area contributed by atoms with Crippen molar-refractivity contribution in [1.29, 1.82) is 0 Å². The maximum atomic E-state index is 11.8. The summed E-state index contributed by atoms with van der Waals surface area (Å²) >= 11 is 1.32. The van der Waals surface area contributed by atoms with E-state index in [2.05, 4.69) is 17.6 Å².